The average molecular weight is 415 g/mol. The van der Waals surface area contributed by atoms with Crippen LogP contribution < -0.4 is 10.1 Å². The van der Waals surface area contributed by atoms with Crippen LogP contribution >= 0.6 is 11.8 Å². The van der Waals surface area contributed by atoms with Crippen LogP contribution in [0.2, 0.25) is 0 Å². The van der Waals surface area contributed by atoms with Gasteiger partial charge in [-0.25, -0.2) is 4.98 Å². The van der Waals surface area contributed by atoms with E-state index >= 15 is 0 Å². The Balaban J connectivity index is 1.60. The second-order valence-corrected chi connectivity index (χ2v) is 7.13. The third kappa shape index (κ3) is 5.99. The van der Waals surface area contributed by atoms with Crippen molar-refractivity contribution in [1.82, 2.24) is 15.3 Å². The van der Waals surface area contributed by atoms with Crippen LogP contribution in [0.1, 0.15) is 34.5 Å². The van der Waals surface area contributed by atoms with Gasteiger partial charge in [0.1, 0.15) is 17.4 Å². The van der Waals surface area contributed by atoms with E-state index in [1.807, 2.05) is 43.3 Å². The second-order valence-electron chi connectivity index (χ2n) is 6.15. The lowest BCUT2D eigenvalue weighted by Crippen LogP contribution is -2.27. The van der Waals surface area contributed by atoms with Crippen molar-refractivity contribution in [3.63, 3.8) is 0 Å². The van der Waals surface area contributed by atoms with E-state index in [2.05, 4.69) is 15.3 Å². The molecule has 5 nitrogen and oxygen atoms in total. The highest BCUT2D eigenvalue weighted by molar-refractivity contribution is 7.99. The van der Waals surface area contributed by atoms with Crippen LogP contribution in [0.4, 0.5) is 8.78 Å². The van der Waals surface area contributed by atoms with Gasteiger partial charge in [0.15, 0.2) is 0 Å². The molecule has 1 unspecified atom stereocenters. The van der Waals surface area contributed by atoms with E-state index in [0.29, 0.717) is 12.4 Å². The van der Waals surface area contributed by atoms with Crippen molar-refractivity contribution < 1.29 is 18.3 Å². The topological polar surface area (TPSA) is 64.1 Å². The predicted molar refractivity (Wildman–Crippen MR) is 107 cm³/mol. The Bertz CT molecular complexity index is 940. The standard InChI is InChI=1S/C21H19F2N3O2S/c1-14(26-19(27)18-5-3-11-25-20(18)29-21(22)23)16-6-8-17(9-7-16)28-13-15-4-2-10-24-12-15/h2-12,14,21H,13H2,1H3,(H,26,27). The summed E-state index contributed by atoms with van der Waals surface area (Å²) in [6.45, 7) is 2.23. The normalized spacial score (nSPS) is 11.9. The fourth-order valence-corrected chi connectivity index (χ4v) is 3.18. The maximum absolute atomic E-state index is 12.7. The van der Waals surface area contributed by atoms with E-state index in [0.717, 1.165) is 11.1 Å². The minimum atomic E-state index is -2.65. The zero-order chi connectivity index (χ0) is 20.6. The molecule has 29 heavy (non-hydrogen) atoms. The lowest BCUT2D eigenvalue weighted by atomic mass is 10.1. The summed E-state index contributed by atoms with van der Waals surface area (Å²) in [4.78, 5) is 20.4. The minimum Gasteiger partial charge on any atom is -0.489 e. The summed E-state index contributed by atoms with van der Waals surface area (Å²) in [5.41, 5.74) is 1.95. The molecule has 2 heterocycles. The number of hydrogen-bond donors (Lipinski definition) is 1. The van der Waals surface area contributed by atoms with Gasteiger partial charge in [-0.1, -0.05) is 18.2 Å². The third-order valence-electron chi connectivity index (χ3n) is 4.07. The average Bonchev–Trinajstić information content (AvgIpc) is 2.73. The summed E-state index contributed by atoms with van der Waals surface area (Å²) in [7, 11) is 0. The summed E-state index contributed by atoms with van der Waals surface area (Å²) >= 11 is 0.256. The molecule has 1 amide bonds. The molecule has 2 aromatic heterocycles. The van der Waals surface area contributed by atoms with Crippen LogP contribution in [0, 0.1) is 0 Å². The van der Waals surface area contributed by atoms with E-state index in [4.69, 9.17) is 4.74 Å². The quantitative estimate of drug-likeness (QED) is 0.532. The van der Waals surface area contributed by atoms with Gasteiger partial charge in [0.05, 0.1) is 11.6 Å². The Morgan fingerprint density at radius 3 is 2.59 bits per heavy atom. The molecule has 3 aromatic rings. The Labute approximate surface area is 171 Å². The summed E-state index contributed by atoms with van der Waals surface area (Å²) in [6, 6.07) is 13.8. The number of aromatic nitrogens is 2. The molecule has 0 spiro atoms. The fraction of sp³-hybridized carbons (Fsp3) is 0.190. The van der Waals surface area contributed by atoms with Crippen LogP contribution in [0.15, 0.2) is 72.1 Å². The van der Waals surface area contributed by atoms with E-state index in [1.54, 1.807) is 18.5 Å². The van der Waals surface area contributed by atoms with E-state index in [1.165, 1.54) is 12.3 Å². The second kappa shape index (κ2) is 9.97. The van der Waals surface area contributed by atoms with E-state index in [-0.39, 0.29) is 28.4 Å². The molecule has 0 saturated heterocycles. The van der Waals surface area contributed by atoms with Crippen molar-refractivity contribution in [1.29, 1.82) is 0 Å². The molecule has 0 aliphatic rings. The Hall–Kier alpha value is -3.00. The van der Waals surface area contributed by atoms with Gasteiger partial charge in [-0.2, -0.15) is 8.78 Å². The largest absolute Gasteiger partial charge is 0.489 e. The highest BCUT2D eigenvalue weighted by Gasteiger charge is 2.18. The fourth-order valence-electron chi connectivity index (χ4n) is 2.60. The SMILES string of the molecule is CC(NC(=O)c1cccnc1SC(F)F)c1ccc(OCc2cccnc2)cc1. The molecule has 0 fully saturated rings. The minimum absolute atomic E-state index is 0.00588. The molecule has 0 radical (unpaired) electrons. The number of nitrogens with one attached hydrogen (secondary N) is 1. The number of ether oxygens (including phenoxy) is 1. The van der Waals surface area contributed by atoms with Crippen molar-refractivity contribution in [3.05, 3.63) is 83.8 Å². The first-order chi connectivity index (χ1) is 14.0. The van der Waals surface area contributed by atoms with Crippen LogP contribution in [-0.4, -0.2) is 21.6 Å². The first kappa shape index (κ1) is 20.7. The maximum Gasteiger partial charge on any atom is 0.290 e. The number of alkyl halides is 2. The lowest BCUT2D eigenvalue weighted by molar-refractivity contribution is 0.0936. The molecule has 1 aromatic carbocycles. The Morgan fingerprint density at radius 1 is 1.14 bits per heavy atom. The molecular weight excluding hydrogens is 396 g/mol. The maximum atomic E-state index is 12.7. The number of hydrogen-bond acceptors (Lipinski definition) is 5. The first-order valence-corrected chi connectivity index (χ1v) is 9.73. The van der Waals surface area contributed by atoms with Gasteiger partial charge >= 0.3 is 0 Å². The van der Waals surface area contributed by atoms with Crippen molar-refractivity contribution in [3.8, 4) is 5.75 Å². The van der Waals surface area contributed by atoms with Gasteiger partial charge in [-0.05, 0) is 54.6 Å². The number of nitrogens with zero attached hydrogens (tertiary/aromatic N) is 2. The Kier molecular flexibility index (Phi) is 7.13. The molecule has 0 saturated carbocycles. The number of amides is 1. The molecular formula is C21H19F2N3O2S. The first-order valence-electron chi connectivity index (χ1n) is 8.85. The van der Waals surface area contributed by atoms with Crippen molar-refractivity contribution in [2.24, 2.45) is 0 Å². The number of benzene rings is 1. The zero-order valence-electron chi connectivity index (χ0n) is 15.6. The lowest BCUT2D eigenvalue weighted by Gasteiger charge is -2.16. The number of carbonyl (C=O) groups excluding carboxylic acids is 1. The number of halogens is 2. The predicted octanol–water partition coefficient (Wildman–Crippen LogP) is 4.86. The molecule has 1 atom stereocenters. The summed E-state index contributed by atoms with van der Waals surface area (Å²) in [6.07, 6.45) is 4.83. The van der Waals surface area contributed by atoms with Crippen LogP contribution in [0.3, 0.4) is 0 Å². The van der Waals surface area contributed by atoms with Gasteiger partial charge in [0.25, 0.3) is 11.7 Å². The van der Waals surface area contributed by atoms with Gasteiger partial charge in [0, 0.05) is 24.2 Å². The molecule has 8 heteroatoms. The van der Waals surface area contributed by atoms with Gasteiger partial charge in [-0.15, -0.1) is 0 Å². The molecule has 3 rings (SSSR count). The molecule has 0 aliphatic heterocycles. The van der Waals surface area contributed by atoms with Gasteiger partial charge in [-0.3, -0.25) is 9.78 Å². The van der Waals surface area contributed by atoms with E-state index in [9.17, 15) is 13.6 Å². The Morgan fingerprint density at radius 2 is 1.90 bits per heavy atom. The summed E-state index contributed by atoms with van der Waals surface area (Å²) in [5, 5.41) is 2.82. The van der Waals surface area contributed by atoms with Crippen molar-refractivity contribution >= 4 is 17.7 Å². The summed E-state index contributed by atoms with van der Waals surface area (Å²) in [5.74, 6) is -2.40. The summed E-state index contributed by atoms with van der Waals surface area (Å²) < 4.78 is 31.1. The zero-order valence-corrected chi connectivity index (χ0v) is 16.4. The van der Waals surface area contributed by atoms with E-state index < -0.39 is 11.7 Å². The smallest absolute Gasteiger partial charge is 0.290 e. The van der Waals surface area contributed by atoms with Crippen molar-refractivity contribution in [2.75, 3.05) is 0 Å². The molecule has 1 N–H and O–H groups in total. The molecule has 150 valence electrons. The number of rotatable bonds is 8. The monoisotopic (exact) mass is 415 g/mol. The highest BCUT2D eigenvalue weighted by atomic mass is 32.2. The number of carbonyl (C=O) groups is 1. The van der Waals surface area contributed by atoms with Crippen LogP contribution in [0.25, 0.3) is 0 Å². The van der Waals surface area contributed by atoms with Crippen LogP contribution in [-0.2, 0) is 6.61 Å². The van der Waals surface area contributed by atoms with Crippen LogP contribution in [0.5, 0.6) is 5.75 Å². The van der Waals surface area contributed by atoms with Gasteiger partial charge < -0.3 is 10.1 Å². The van der Waals surface area contributed by atoms with Gasteiger partial charge in [0.2, 0.25) is 0 Å². The highest BCUT2D eigenvalue weighted by Crippen LogP contribution is 2.27. The molecule has 0 aliphatic carbocycles. The number of thioether (sulfide) groups is 1. The third-order valence-corrected chi connectivity index (χ3v) is 4.80. The van der Waals surface area contributed by atoms with Crippen molar-refractivity contribution in [2.45, 2.75) is 30.4 Å². The number of pyridine rings is 2. The molecule has 0 bridgehead atoms.